The molecule has 26 heavy (non-hydrogen) atoms. The van der Waals surface area contributed by atoms with Gasteiger partial charge in [0.25, 0.3) is 5.91 Å². The van der Waals surface area contributed by atoms with Crippen LogP contribution in [0.5, 0.6) is 0 Å². The number of hydrogen-bond acceptors (Lipinski definition) is 4. The fourth-order valence-corrected chi connectivity index (χ4v) is 2.62. The summed E-state index contributed by atoms with van der Waals surface area (Å²) in [5.74, 6) is -0.220. The number of fused-ring (bicyclic) bond motifs is 1. The molecule has 1 atom stereocenters. The summed E-state index contributed by atoms with van der Waals surface area (Å²) in [4.78, 5) is 21.5. The molecule has 3 aromatic rings. The average Bonchev–Trinajstić information content (AvgIpc) is 2.64. The van der Waals surface area contributed by atoms with Crippen LogP contribution in [0.3, 0.4) is 0 Å². The number of rotatable bonds is 4. The molecule has 0 radical (unpaired) electrons. The Morgan fingerprint density at radius 1 is 1.15 bits per heavy atom. The van der Waals surface area contributed by atoms with Crippen molar-refractivity contribution in [2.45, 2.75) is 26.9 Å². The first-order chi connectivity index (χ1) is 12.4. The van der Waals surface area contributed by atoms with Gasteiger partial charge in [0.05, 0.1) is 22.9 Å². The van der Waals surface area contributed by atoms with Gasteiger partial charge in [0.1, 0.15) is 0 Å². The van der Waals surface area contributed by atoms with Crippen LogP contribution in [0.2, 0.25) is 0 Å². The maximum atomic E-state index is 12.8. The summed E-state index contributed by atoms with van der Waals surface area (Å²) in [6.45, 7) is 6.01. The van der Waals surface area contributed by atoms with Crippen LogP contribution < -0.4 is 5.32 Å². The number of amides is 1. The molecule has 0 aliphatic rings. The first kappa shape index (κ1) is 18.0. The Kier molecular flexibility index (Phi) is 5.00. The molecule has 0 aliphatic heterocycles. The lowest BCUT2D eigenvalue weighted by atomic mass is 9.89. The molecule has 2 N–H and O–H groups in total. The minimum absolute atomic E-state index is 0.198. The third-order valence-electron chi connectivity index (χ3n) is 4.39. The number of para-hydroxylation sites is 1. The van der Waals surface area contributed by atoms with E-state index in [4.69, 9.17) is 0 Å². The standard InChI is InChI=1S/C21H23N3O2/c1-21(2,3)19(25)13-23-20(26)16-12-18(14-8-10-22-11-9-14)24-17-7-5-4-6-15(16)17/h4-12,19,25H,13H2,1-3H3,(H,23,26). The summed E-state index contributed by atoms with van der Waals surface area (Å²) >= 11 is 0. The molecule has 2 heterocycles. The fourth-order valence-electron chi connectivity index (χ4n) is 2.62. The second-order valence-corrected chi connectivity index (χ2v) is 7.40. The maximum Gasteiger partial charge on any atom is 0.252 e. The number of nitrogens with zero attached hydrogens (tertiary/aromatic N) is 2. The van der Waals surface area contributed by atoms with E-state index in [-0.39, 0.29) is 17.9 Å². The van der Waals surface area contributed by atoms with E-state index < -0.39 is 6.10 Å². The fraction of sp³-hybridized carbons (Fsp3) is 0.286. The van der Waals surface area contributed by atoms with Crippen LogP contribution in [0.15, 0.2) is 54.9 Å². The Morgan fingerprint density at radius 2 is 1.85 bits per heavy atom. The Balaban J connectivity index is 1.97. The zero-order valence-corrected chi connectivity index (χ0v) is 15.2. The van der Waals surface area contributed by atoms with Crippen molar-refractivity contribution in [2.75, 3.05) is 6.54 Å². The number of aliphatic hydroxyl groups is 1. The summed E-state index contributed by atoms with van der Waals surface area (Å²) in [5.41, 5.74) is 2.62. The van der Waals surface area contributed by atoms with E-state index in [9.17, 15) is 9.90 Å². The lowest BCUT2D eigenvalue weighted by Gasteiger charge is -2.26. The monoisotopic (exact) mass is 349 g/mol. The normalized spacial score (nSPS) is 12.8. The number of hydrogen-bond donors (Lipinski definition) is 2. The van der Waals surface area contributed by atoms with Gasteiger partial charge in [-0.25, -0.2) is 4.98 Å². The van der Waals surface area contributed by atoms with Gasteiger partial charge in [0.2, 0.25) is 0 Å². The summed E-state index contributed by atoms with van der Waals surface area (Å²) < 4.78 is 0. The van der Waals surface area contributed by atoms with Crippen LogP contribution in [-0.4, -0.2) is 33.6 Å². The van der Waals surface area contributed by atoms with E-state index in [0.29, 0.717) is 11.3 Å². The van der Waals surface area contributed by atoms with Crippen molar-refractivity contribution in [3.8, 4) is 11.3 Å². The van der Waals surface area contributed by atoms with Gasteiger partial charge in [-0.2, -0.15) is 0 Å². The predicted molar refractivity (Wildman–Crippen MR) is 103 cm³/mol. The summed E-state index contributed by atoms with van der Waals surface area (Å²) in [7, 11) is 0. The van der Waals surface area contributed by atoms with Crippen LogP contribution in [0.4, 0.5) is 0 Å². The molecule has 0 aliphatic carbocycles. The van der Waals surface area contributed by atoms with Crippen LogP contribution >= 0.6 is 0 Å². The SMILES string of the molecule is CC(C)(C)C(O)CNC(=O)c1cc(-c2ccncc2)nc2ccccc12. The van der Waals surface area contributed by atoms with E-state index in [1.54, 1.807) is 18.5 Å². The number of benzene rings is 1. The molecule has 5 heteroatoms. The minimum atomic E-state index is -0.626. The quantitative estimate of drug-likeness (QED) is 0.757. The van der Waals surface area contributed by atoms with Crippen LogP contribution in [0, 0.1) is 5.41 Å². The van der Waals surface area contributed by atoms with E-state index in [1.165, 1.54) is 0 Å². The van der Waals surface area contributed by atoms with E-state index in [0.717, 1.165) is 16.5 Å². The molecule has 134 valence electrons. The number of carbonyl (C=O) groups excluding carboxylic acids is 1. The van der Waals surface area contributed by atoms with Gasteiger partial charge in [-0.1, -0.05) is 39.0 Å². The highest BCUT2D eigenvalue weighted by molar-refractivity contribution is 6.07. The maximum absolute atomic E-state index is 12.8. The zero-order chi connectivity index (χ0) is 18.7. The zero-order valence-electron chi connectivity index (χ0n) is 15.2. The van der Waals surface area contributed by atoms with Crippen molar-refractivity contribution in [3.05, 3.63) is 60.4 Å². The summed E-state index contributed by atoms with van der Waals surface area (Å²) in [6, 6.07) is 13.1. The summed E-state index contributed by atoms with van der Waals surface area (Å²) in [6.07, 6.45) is 2.77. The van der Waals surface area contributed by atoms with Crippen molar-refractivity contribution in [1.82, 2.24) is 15.3 Å². The van der Waals surface area contributed by atoms with Gasteiger partial charge in [0.15, 0.2) is 0 Å². The molecule has 0 spiro atoms. The van der Waals surface area contributed by atoms with E-state index in [1.807, 2.05) is 57.2 Å². The molecule has 1 unspecified atom stereocenters. The van der Waals surface area contributed by atoms with Gasteiger partial charge in [0, 0.05) is 29.9 Å². The first-order valence-electron chi connectivity index (χ1n) is 8.63. The minimum Gasteiger partial charge on any atom is -0.391 e. The number of aliphatic hydroxyl groups excluding tert-OH is 1. The largest absolute Gasteiger partial charge is 0.391 e. The lowest BCUT2D eigenvalue weighted by Crippen LogP contribution is -2.39. The van der Waals surface area contributed by atoms with Gasteiger partial charge < -0.3 is 10.4 Å². The van der Waals surface area contributed by atoms with Gasteiger partial charge >= 0.3 is 0 Å². The lowest BCUT2D eigenvalue weighted by molar-refractivity contribution is 0.0587. The molecule has 3 rings (SSSR count). The van der Waals surface area contributed by atoms with Crippen molar-refractivity contribution < 1.29 is 9.90 Å². The Hall–Kier alpha value is -2.79. The number of aromatic nitrogens is 2. The molecule has 1 aromatic carbocycles. The molecule has 1 amide bonds. The highest BCUT2D eigenvalue weighted by Gasteiger charge is 2.23. The second kappa shape index (κ2) is 7.22. The molecule has 5 nitrogen and oxygen atoms in total. The Labute approximate surface area is 153 Å². The van der Waals surface area contributed by atoms with Gasteiger partial charge in [-0.15, -0.1) is 0 Å². The predicted octanol–water partition coefficient (Wildman–Crippen LogP) is 3.43. The number of carbonyl (C=O) groups is 1. The smallest absolute Gasteiger partial charge is 0.252 e. The third kappa shape index (κ3) is 3.89. The topological polar surface area (TPSA) is 75.1 Å². The van der Waals surface area contributed by atoms with E-state index >= 15 is 0 Å². The third-order valence-corrected chi connectivity index (χ3v) is 4.39. The molecule has 0 fully saturated rings. The molecule has 0 saturated heterocycles. The highest BCUT2D eigenvalue weighted by atomic mass is 16.3. The van der Waals surface area contributed by atoms with Crippen LogP contribution in [-0.2, 0) is 0 Å². The Bertz CT molecular complexity index is 917. The van der Waals surface area contributed by atoms with E-state index in [2.05, 4.69) is 15.3 Å². The average molecular weight is 349 g/mol. The second-order valence-electron chi connectivity index (χ2n) is 7.40. The van der Waals surface area contributed by atoms with Crippen molar-refractivity contribution in [3.63, 3.8) is 0 Å². The Morgan fingerprint density at radius 3 is 2.54 bits per heavy atom. The van der Waals surface area contributed by atoms with Gasteiger partial charge in [-0.05, 0) is 29.7 Å². The number of pyridine rings is 2. The summed E-state index contributed by atoms with van der Waals surface area (Å²) in [5, 5.41) is 13.8. The van der Waals surface area contributed by atoms with Crippen LogP contribution in [0.25, 0.3) is 22.2 Å². The molecule has 0 saturated carbocycles. The van der Waals surface area contributed by atoms with Crippen molar-refractivity contribution >= 4 is 16.8 Å². The van der Waals surface area contributed by atoms with Crippen molar-refractivity contribution in [2.24, 2.45) is 5.41 Å². The molecule has 0 bridgehead atoms. The molecular weight excluding hydrogens is 326 g/mol. The van der Waals surface area contributed by atoms with Gasteiger partial charge in [-0.3, -0.25) is 9.78 Å². The molecule has 2 aromatic heterocycles. The first-order valence-corrected chi connectivity index (χ1v) is 8.63. The number of nitrogens with one attached hydrogen (secondary N) is 1. The van der Waals surface area contributed by atoms with Crippen molar-refractivity contribution in [1.29, 1.82) is 0 Å². The molecular formula is C21H23N3O2. The van der Waals surface area contributed by atoms with Crippen LogP contribution in [0.1, 0.15) is 31.1 Å². The highest BCUT2D eigenvalue weighted by Crippen LogP contribution is 2.25.